The largest absolute Gasteiger partial charge is 0.493 e. The van der Waals surface area contributed by atoms with E-state index in [4.69, 9.17) is 38.0 Å². The van der Waals surface area contributed by atoms with Crippen molar-refractivity contribution in [1.82, 2.24) is 0 Å². The van der Waals surface area contributed by atoms with E-state index in [2.05, 4.69) is 10.6 Å². The maximum Gasteiger partial charge on any atom is 0.203 e. The number of anilines is 2. The Morgan fingerprint density at radius 3 is 2.17 bits per heavy atom. The van der Waals surface area contributed by atoms with Crippen molar-refractivity contribution in [1.29, 1.82) is 0 Å². The molecule has 0 amide bonds. The summed E-state index contributed by atoms with van der Waals surface area (Å²) < 4.78 is 15.9. The highest BCUT2D eigenvalue weighted by Crippen LogP contribution is 2.40. The fourth-order valence-corrected chi connectivity index (χ4v) is 2.58. The molecule has 0 aliphatic rings. The Balaban J connectivity index is 2.21. The standard InChI is InChI=1S/C17H19ClN2O3S/c1-10-6-5-7-12(15(10)18)20-17(24)19-11-8-13(21-2)16(23-4)14(9-11)22-3/h5-9H,1-4H3,(H2,19,20,24). The summed E-state index contributed by atoms with van der Waals surface area (Å²) in [6.45, 7) is 1.93. The van der Waals surface area contributed by atoms with Gasteiger partial charge in [-0.3, -0.25) is 0 Å². The molecule has 0 heterocycles. The summed E-state index contributed by atoms with van der Waals surface area (Å²) in [6.07, 6.45) is 0. The van der Waals surface area contributed by atoms with E-state index in [1.54, 1.807) is 33.5 Å². The molecule has 0 fully saturated rings. The molecule has 0 aliphatic heterocycles. The second kappa shape index (κ2) is 8.08. The molecule has 2 rings (SSSR count). The maximum absolute atomic E-state index is 6.27. The molecule has 0 aromatic heterocycles. The first kappa shape index (κ1) is 18.2. The highest BCUT2D eigenvalue weighted by Gasteiger charge is 2.14. The first-order chi connectivity index (χ1) is 11.5. The van der Waals surface area contributed by atoms with Crippen LogP contribution in [0.3, 0.4) is 0 Å². The molecule has 128 valence electrons. The van der Waals surface area contributed by atoms with Crippen LogP contribution in [0.5, 0.6) is 17.2 Å². The summed E-state index contributed by atoms with van der Waals surface area (Å²) in [6, 6.07) is 9.24. The van der Waals surface area contributed by atoms with Crippen molar-refractivity contribution in [3.63, 3.8) is 0 Å². The number of benzene rings is 2. The third kappa shape index (κ3) is 4.01. The van der Waals surface area contributed by atoms with Crippen LogP contribution in [0.1, 0.15) is 5.56 Å². The molecule has 0 radical (unpaired) electrons. The Labute approximate surface area is 151 Å². The fourth-order valence-electron chi connectivity index (χ4n) is 2.18. The van der Waals surface area contributed by atoms with Gasteiger partial charge < -0.3 is 24.8 Å². The predicted octanol–water partition coefficient (Wildman–Crippen LogP) is 4.48. The number of nitrogens with one attached hydrogen (secondary N) is 2. The molecule has 2 aromatic rings. The molecule has 2 aromatic carbocycles. The third-order valence-electron chi connectivity index (χ3n) is 3.36. The van der Waals surface area contributed by atoms with Crippen molar-refractivity contribution < 1.29 is 14.2 Å². The smallest absolute Gasteiger partial charge is 0.203 e. The van der Waals surface area contributed by atoms with Crippen molar-refractivity contribution in [3.05, 3.63) is 40.9 Å². The van der Waals surface area contributed by atoms with E-state index in [-0.39, 0.29) is 0 Å². The normalized spacial score (nSPS) is 10.0. The fraction of sp³-hybridized carbons (Fsp3) is 0.235. The van der Waals surface area contributed by atoms with Crippen LogP contribution >= 0.6 is 23.8 Å². The second-order valence-electron chi connectivity index (χ2n) is 4.93. The highest BCUT2D eigenvalue weighted by atomic mass is 35.5. The van der Waals surface area contributed by atoms with Crippen LogP contribution in [0.2, 0.25) is 5.02 Å². The van der Waals surface area contributed by atoms with Crippen LogP contribution in [0, 0.1) is 6.92 Å². The molecule has 24 heavy (non-hydrogen) atoms. The summed E-state index contributed by atoms with van der Waals surface area (Å²) in [7, 11) is 4.67. The lowest BCUT2D eigenvalue weighted by Crippen LogP contribution is -2.19. The molecule has 0 saturated heterocycles. The molecule has 0 atom stereocenters. The Morgan fingerprint density at radius 2 is 1.62 bits per heavy atom. The zero-order valence-electron chi connectivity index (χ0n) is 13.9. The number of halogens is 1. The van der Waals surface area contributed by atoms with E-state index >= 15 is 0 Å². The van der Waals surface area contributed by atoms with Crippen molar-refractivity contribution in [2.75, 3.05) is 32.0 Å². The highest BCUT2D eigenvalue weighted by molar-refractivity contribution is 7.80. The van der Waals surface area contributed by atoms with E-state index in [0.717, 1.165) is 11.3 Å². The first-order valence-electron chi connectivity index (χ1n) is 7.13. The van der Waals surface area contributed by atoms with Gasteiger partial charge in [0.15, 0.2) is 16.6 Å². The molecular weight excluding hydrogens is 348 g/mol. The van der Waals surface area contributed by atoms with Gasteiger partial charge in [-0.05, 0) is 30.8 Å². The average Bonchev–Trinajstić information content (AvgIpc) is 2.57. The number of ether oxygens (including phenoxy) is 3. The lowest BCUT2D eigenvalue weighted by atomic mass is 10.2. The summed E-state index contributed by atoms with van der Waals surface area (Å²) in [5.41, 5.74) is 2.41. The van der Waals surface area contributed by atoms with E-state index < -0.39 is 0 Å². The van der Waals surface area contributed by atoms with Crippen LogP contribution in [0.25, 0.3) is 0 Å². The SMILES string of the molecule is COc1cc(NC(=S)Nc2cccc(C)c2Cl)cc(OC)c1OC. The average molecular weight is 367 g/mol. The van der Waals surface area contributed by atoms with Crippen molar-refractivity contribution >= 4 is 40.3 Å². The lowest BCUT2D eigenvalue weighted by Gasteiger charge is -2.16. The van der Waals surface area contributed by atoms with Crippen molar-refractivity contribution in [2.45, 2.75) is 6.92 Å². The van der Waals surface area contributed by atoms with Crippen LogP contribution in [-0.2, 0) is 0 Å². The Bertz CT molecular complexity index is 728. The predicted molar refractivity (Wildman–Crippen MR) is 102 cm³/mol. The number of thiocarbonyl (C=S) groups is 1. The van der Waals surface area contributed by atoms with Gasteiger partial charge in [0, 0.05) is 17.8 Å². The maximum atomic E-state index is 6.27. The van der Waals surface area contributed by atoms with Crippen LogP contribution in [-0.4, -0.2) is 26.4 Å². The number of methoxy groups -OCH3 is 3. The molecule has 0 bridgehead atoms. The molecule has 0 aliphatic carbocycles. The summed E-state index contributed by atoms with van der Waals surface area (Å²) in [4.78, 5) is 0. The van der Waals surface area contributed by atoms with Crippen LogP contribution in [0.4, 0.5) is 11.4 Å². The number of rotatable bonds is 5. The quantitative estimate of drug-likeness (QED) is 0.761. The van der Waals surface area contributed by atoms with E-state index in [1.807, 2.05) is 25.1 Å². The van der Waals surface area contributed by atoms with E-state index in [9.17, 15) is 0 Å². The summed E-state index contributed by atoms with van der Waals surface area (Å²) in [5.74, 6) is 1.60. The second-order valence-corrected chi connectivity index (χ2v) is 5.72. The Hall–Kier alpha value is -2.18. The minimum absolute atomic E-state index is 0.400. The van der Waals surface area contributed by atoms with Gasteiger partial charge in [0.25, 0.3) is 0 Å². The van der Waals surface area contributed by atoms with Gasteiger partial charge in [0.2, 0.25) is 5.75 Å². The minimum atomic E-state index is 0.400. The zero-order valence-corrected chi connectivity index (χ0v) is 15.5. The minimum Gasteiger partial charge on any atom is -0.493 e. The van der Waals surface area contributed by atoms with Gasteiger partial charge in [-0.25, -0.2) is 0 Å². The van der Waals surface area contributed by atoms with E-state index in [1.165, 1.54) is 0 Å². The van der Waals surface area contributed by atoms with Gasteiger partial charge in [-0.2, -0.15) is 0 Å². The number of hydrogen-bond acceptors (Lipinski definition) is 4. The van der Waals surface area contributed by atoms with Gasteiger partial charge >= 0.3 is 0 Å². The summed E-state index contributed by atoms with van der Waals surface area (Å²) >= 11 is 11.6. The third-order valence-corrected chi connectivity index (χ3v) is 4.07. The molecule has 0 saturated carbocycles. The van der Waals surface area contributed by atoms with E-state index in [0.29, 0.717) is 33.1 Å². The topological polar surface area (TPSA) is 51.8 Å². The van der Waals surface area contributed by atoms with Crippen LogP contribution < -0.4 is 24.8 Å². The van der Waals surface area contributed by atoms with Gasteiger partial charge in [0.1, 0.15) is 0 Å². The number of aryl methyl sites for hydroxylation is 1. The Morgan fingerprint density at radius 1 is 1.00 bits per heavy atom. The van der Waals surface area contributed by atoms with Gasteiger partial charge in [0.05, 0.1) is 32.0 Å². The molecule has 7 heteroatoms. The molecule has 5 nitrogen and oxygen atoms in total. The monoisotopic (exact) mass is 366 g/mol. The Kier molecular flexibility index (Phi) is 6.11. The molecule has 0 unspecified atom stereocenters. The number of hydrogen-bond donors (Lipinski definition) is 2. The zero-order chi connectivity index (χ0) is 17.7. The molecule has 2 N–H and O–H groups in total. The molecule has 0 spiro atoms. The first-order valence-corrected chi connectivity index (χ1v) is 7.92. The lowest BCUT2D eigenvalue weighted by molar-refractivity contribution is 0.324. The molecular formula is C17H19ClN2O3S. The summed E-state index contributed by atoms with van der Waals surface area (Å²) in [5, 5.41) is 7.19. The van der Waals surface area contributed by atoms with Crippen LogP contribution in [0.15, 0.2) is 30.3 Å². The van der Waals surface area contributed by atoms with Gasteiger partial charge in [-0.1, -0.05) is 23.7 Å². The van der Waals surface area contributed by atoms with Gasteiger partial charge in [-0.15, -0.1) is 0 Å². The van der Waals surface area contributed by atoms with Crippen molar-refractivity contribution in [3.8, 4) is 17.2 Å². The van der Waals surface area contributed by atoms with Crippen molar-refractivity contribution in [2.24, 2.45) is 0 Å².